The van der Waals surface area contributed by atoms with Crippen LogP contribution in [0.2, 0.25) is 0 Å². The quantitative estimate of drug-likeness (QED) is 0.904. The number of para-hydroxylation sites is 2. The summed E-state index contributed by atoms with van der Waals surface area (Å²) >= 11 is 0. The van der Waals surface area contributed by atoms with E-state index in [2.05, 4.69) is 5.32 Å². The number of fused-ring (bicyclic) bond motifs is 1. The average molecular weight is 343 g/mol. The largest absolute Gasteiger partial charge is 0.493 e. The highest BCUT2D eigenvalue weighted by molar-refractivity contribution is 5.82. The molecule has 1 amide bonds. The summed E-state index contributed by atoms with van der Waals surface area (Å²) in [6.07, 6.45) is -0.683. The third-order valence-corrected chi connectivity index (χ3v) is 4.07. The van der Waals surface area contributed by atoms with Gasteiger partial charge in [0.05, 0.1) is 20.3 Å². The Morgan fingerprint density at radius 2 is 1.84 bits per heavy atom. The fraction of sp³-hybridized carbons (Fsp3) is 0.316. The normalized spacial score (nSPS) is 16.7. The molecule has 1 aliphatic heterocycles. The van der Waals surface area contributed by atoms with Crippen molar-refractivity contribution in [2.24, 2.45) is 0 Å². The van der Waals surface area contributed by atoms with E-state index in [1.54, 1.807) is 20.3 Å². The highest BCUT2D eigenvalue weighted by Gasteiger charge is 2.28. The Bertz CT molecular complexity index is 761. The van der Waals surface area contributed by atoms with Crippen LogP contribution >= 0.6 is 0 Å². The van der Waals surface area contributed by atoms with Crippen molar-refractivity contribution in [3.63, 3.8) is 0 Å². The predicted molar refractivity (Wildman–Crippen MR) is 92.5 cm³/mol. The Balaban J connectivity index is 1.67. The number of benzene rings is 2. The summed E-state index contributed by atoms with van der Waals surface area (Å²) in [5, 5.41) is 2.95. The van der Waals surface area contributed by atoms with Gasteiger partial charge in [-0.2, -0.15) is 0 Å². The van der Waals surface area contributed by atoms with Crippen molar-refractivity contribution in [1.82, 2.24) is 5.32 Å². The lowest BCUT2D eigenvalue weighted by Crippen LogP contribution is -2.44. The van der Waals surface area contributed by atoms with Gasteiger partial charge >= 0.3 is 0 Å². The minimum absolute atomic E-state index is 0.182. The van der Waals surface area contributed by atoms with E-state index in [0.29, 0.717) is 23.0 Å². The number of ether oxygens (including phenoxy) is 4. The fourth-order valence-corrected chi connectivity index (χ4v) is 2.66. The van der Waals surface area contributed by atoms with Gasteiger partial charge < -0.3 is 24.3 Å². The first-order valence-electron chi connectivity index (χ1n) is 8.03. The third-order valence-electron chi connectivity index (χ3n) is 4.07. The molecule has 2 aromatic carbocycles. The van der Waals surface area contributed by atoms with Crippen LogP contribution in [-0.4, -0.2) is 32.8 Å². The molecule has 0 bridgehead atoms. The van der Waals surface area contributed by atoms with Gasteiger partial charge in [0.25, 0.3) is 5.91 Å². The van der Waals surface area contributed by atoms with Gasteiger partial charge in [-0.15, -0.1) is 0 Å². The van der Waals surface area contributed by atoms with E-state index in [9.17, 15) is 4.79 Å². The van der Waals surface area contributed by atoms with Crippen molar-refractivity contribution < 1.29 is 23.7 Å². The second-order valence-electron chi connectivity index (χ2n) is 5.71. The van der Waals surface area contributed by atoms with Crippen molar-refractivity contribution in [3.05, 3.63) is 48.0 Å². The molecule has 1 aliphatic rings. The molecular weight excluding hydrogens is 322 g/mol. The molecule has 25 heavy (non-hydrogen) atoms. The first kappa shape index (κ1) is 17.0. The molecule has 0 radical (unpaired) electrons. The Morgan fingerprint density at radius 1 is 1.12 bits per heavy atom. The van der Waals surface area contributed by atoms with Crippen LogP contribution in [0, 0.1) is 0 Å². The Morgan fingerprint density at radius 3 is 2.56 bits per heavy atom. The summed E-state index contributed by atoms with van der Waals surface area (Å²) in [4.78, 5) is 12.5. The Labute approximate surface area is 146 Å². The summed E-state index contributed by atoms with van der Waals surface area (Å²) in [7, 11) is 3.16. The smallest absolute Gasteiger partial charge is 0.265 e. The molecule has 0 saturated carbocycles. The molecule has 132 valence electrons. The number of methoxy groups -OCH3 is 2. The molecule has 0 spiro atoms. The van der Waals surface area contributed by atoms with Gasteiger partial charge in [-0.05, 0) is 36.8 Å². The molecule has 0 aromatic heterocycles. The Hall–Kier alpha value is -2.89. The van der Waals surface area contributed by atoms with Crippen molar-refractivity contribution in [1.29, 1.82) is 0 Å². The van der Waals surface area contributed by atoms with Gasteiger partial charge in [0, 0.05) is 0 Å². The molecule has 6 heteroatoms. The van der Waals surface area contributed by atoms with Crippen LogP contribution in [0.15, 0.2) is 42.5 Å². The molecule has 0 aliphatic carbocycles. The zero-order chi connectivity index (χ0) is 17.8. The number of hydrogen-bond acceptors (Lipinski definition) is 5. The highest BCUT2D eigenvalue weighted by Crippen LogP contribution is 2.32. The van der Waals surface area contributed by atoms with Crippen molar-refractivity contribution >= 4 is 5.91 Å². The van der Waals surface area contributed by atoms with Gasteiger partial charge in [-0.3, -0.25) is 4.79 Å². The molecule has 1 N–H and O–H groups in total. The Kier molecular flexibility index (Phi) is 4.97. The van der Waals surface area contributed by atoms with Gasteiger partial charge in [-0.1, -0.05) is 18.2 Å². The number of carbonyl (C=O) groups is 1. The number of nitrogens with one attached hydrogen (secondary N) is 1. The van der Waals surface area contributed by atoms with E-state index < -0.39 is 6.10 Å². The van der Waals surface area contributed by atoms with Crippen LogP contribution in [-0.2, 0) is 4.79 Å². The molecular formula is C19H21NO5. The summed E-state index contributed by atoms with van der Waals surface area (Å²) in [5.74, 6) is 2.27. The summed E-state index contributed by atoms with van der Waals surface area (Å²) in [5.41, 5.74) is 0.906. The minimum Gasteiger partial charge on any atom is -0.493 e. The van der Waals surface area contributed by atoms with E-state index in [1.807, 2.05) is 43.3 Å². The fourth-order valence-electron chi connectivity index (χ4n) is 2.66. The minimum atomic E-state index is -0.683. The van der Waals surface area contributed by atoms with E-state index >= 15 is 0 Å². The molecule has 6 nitrogen and oxygen atoms in total. The predicted octanol–water partition coefficient (Wildman–Crippen LogP) is 2.72. The van der Waals surface area contributed by atoms with Crippen LogP contribution in [0.3, 0.4) is 0 Å². The van der Waals surface area contributed by atoms with E-state index in [1.165, 1.54) is 0 Å². The molecule has 2 aromatic rings. The van der Waals surface area contributed by atoms with Crippen molar-refractivity contribution in [3.8, 4) is 23.0 Å². The maximum Gasteiger partial charge on any atom is 0.265 e. The van der Waals surface area contributed by atoms with Crippen LogP contribution in [0.1, 0.15) is 18.5 Å². The maximum absolute atomic E-state index is 12.5. The summed E-state index contributed by atoms with van der Waals surface area (Å²) < 4.78 is 21.9. The zero-order valence-corrected chi connectivity index (χ0v) is 14.4. The molecule has 2 atom stereocenters. The lowest BCUT2D eigenvalue weighted by atomic mass is 10.1. The van der Waals surface area contributed by atoms with Gasteiger partial charge in [0.1, 0.15) is 6.61 Å². The maximum atomic E-state index is 12.5. The number of amides is 1. The van der Waals surface area contributed by atoms with E-state index in [4.69, 9.17) is 18.9 Å². The molecule has 0 unspecified atom stereocenters. The summed E-state index contributed by atoms with van der Waals surface area (Å²) in [6, 6.07) is 12.6. The summed E-state index contributed by atoms with van der Waals surface area (Å²) in [6.45, 7) is 2.08. The number of rotatable bonds is 5. The topological polar surface area (TPSA) is 66.0 Å². The lowest BCUT2D eigenvalue weighted by molar-refractivity contribution is -0.131. The first-order valence-corrected chi connectivity index (χ1v) is 8.03. The molecule has 0 fully saturated rings. The van der Waals surface area contributed by atoms with Crippen LogP contribution in [0.5, 0.6) is 23.0 Å². The van der Waals surface area contributed by atoms with Crippen LogP contribution in [0.25, 0.3) is 0 Å². The van der Waals surface area contributed by atoms with Gasteiger partial charge in [0.2, 0.25) is 6.10 Å². The zero-order valence-electron chi connectivity index (χ0n) is 14.4. The van der Waals surface area contributed by atoms with E-state index in [-0.39, 0.29) is 18.6 Å². The van der Waals surface area contributed by atoms with Crippen molar-refractivity contribution in [2.45, 2.75) is 19.1 Å². The monoisotopic (exact) mass is 343 g/mol. The number of carbonyl (C=O) groups excluding carboxylic acids is 1. The molecule has 0 saturated heterocycles. The highest BCUT2D eigenvalue weighted by atomic mass is 16.6. The molecule has 1 heterocycles. The second kappa shape index (κ2) is 7.34. The number of hydrogen-bond donors (Lipinski definition) is 1. The van der Waals surface area contributed by atoms with Gasteiger partial charge in [0.15, 0.2) is 23.0 Å². The SMILES string of the molecule is COc1ccc([C@H](C)NC(=O)[C@@H]2COc3ccccc3O2)cc1OC. The molecule has 3 rings (SSSR count). The average Bonchev–Trinajstić information content (AvgIpc) is 2.66. The van der Waals surface area contributed by atoms with Crippen LogP contribution < -0.4 is 24.3 Å². The van der Waals surface area contributed by atoms with Gasteiger partial charge in [-0.25, -0.2) is 0 Å². The van der Waals surface area contributed by atoms with E-state index in [0.717, 1.165) is 5.56 Å². The standard InChI is InChI=1S/C19H21NO5/c1-12(13-8-9-14(22-2)17(10-13)23-3)20-19(21)18-11-24-15-6-4-5-7-16(15)25-18/h4-10,12,18H,11H2,1-3H3,(H,20,21)/t12-,18-/m0/s1. The van der Waals surface area contributed by atoms with Crippen molar-refractivity contribution in [2.75, 3.05) is 20.8 Å². The van der Waals surface area contributed by atoms with Crippen LogP contribution in [0.4, 0.5) is 0 Å². The first-order chi connectivity index (χ1) is 12.1. The third kappa shape index (κ3) is 3.63. The second-order valence-corrected chi connectivity index (χ2v) is 5.71. The lowest BCUT2D eigenvalue weighted by Gasteiger charge is -2.27.